The highest BCUT2D eigenvalue weighted by Crippen LogP contribution is 2.15. The smallest absolute Gasteiger partial charge is 0.321 e. The number of hydrogen-bond donors (Lipinski definition) is 1. The normalized spacial score (nSPS) is 14.8. The van der Waals surface area contributed by atoms with E-state index in [4.69, 9.17) is 0 Å². The van der Waals surface area contributed by atoms with Crippen LogP contribution in [0.3, 0.4) is 0 Å². The monoisotopic (exact) mass is 355 g/mol. The van der Waals surface area contributed by atoms with Crippen molar-refractivity contribution in [2.75, 3.05) is 25.0 Å². The van der Waals surface area contributed by atoms with Gasteiger partial charge in [0, 0.05) is 38.9 Å². The van der Waals surface area contributed by atoms with Crippen LogP contribution in [0, 0.1) is 5.92 Å². The van der Waals surface area contributed by atoms with Crippen molar-refractivity contribution in [2.24, 2.45) is 5.92 Å². The largest absolute Gasteiger partial charge is 0.332 e. The van der Waals surface area contributed by atoms with E-state index in [1.807, 2.05) is 30.3 Å². The Labute approximate surface area is 155 Å². The van der Waals surface area contributed by atoms with Crippen LogP contribution in [0.4, 0.5) is 10.5 Å². The number of carbonyl (C=O) groups is 1. The SMILES string of the molecule is CC(C)CN1CCCn2nc(CNC(=O)N(C)c3ccccc3)cc2C1. The Morgan fingerprint density at radius 3 is 2.77 bits per heavy atom. The van der Waals surface area contributed by atoms with E-state index >= 15 is 0 Å². The van der Waals surface area contributed by atoms with Gasteiger partial charge in [-0.25, -0.2) is 4.79 Å². The molecule has 6 nitrogen and oxygen atoms in total. The van der Waals surface area contributed by atoms with Crippen LogP contribution in [-0.2, 0) is 19.6 Å². The van der Waals surface area contributed by atoms with Crippen LogP contribution in [0.2, 0.25) is 0 Å². The van der Waals surface area contributed by atoms with Crippen molar-refractivity contribution in [1.82, 2.24) is 20.0 Å². The van der Waals surface area contributed by atoms with Gasteiger partial charge in [0.25, 0.3) is 0 Å². The molecule has 0 saturated carbocycles. The zero-order valence-electron chi connectivity index (χ0n) is 16.0. The van der Waals surface area contributed by atoms with Gasteiger partial charge < -0.3 is 5.32 Å². The van der Waals surface area contributed by atoms with Gasteiger partial charge in [-0.2, -0.15) is 5.10 Å². The van der Waals surface area contributed by atoms with Gasteiger partial charge in [-0.15, -0.1) is 0 Å². The molecule has 1 N–H and O–H groups in total. The molecular weight excluding hydrogens is 326 g/mol. The molecule has 140 valence electrons. The van der Waals surface area contributed by atoms with Crippen LogP contribution >= 0.6 is 0 Å². The summed E-state index contributed by atoms with van der Waals surface area (Å²) in [6.45, 7) is 9.07. The minimum Gasteiger partial charge on any atom is -0.332 e. The van der Waals surface area contributed by atoms with Crippen molar-refractivity contribution >= 4 is 11.7 Å². The summed E-state index contributed by atoms with van der Waals surface area (Å²) < 4.78 is 2.10. The van der Waals surface area contributed by atoms with E-state index in [1.165, 1.54) is 5.69 Å². The standard InChI is InChI=1S/C20H29N5O/c1-16(2)14-24-10-7-11-25-19(15-24)12-17(22-25)13-21-20(26)23(3)18-8-5-4-6-9-18/h4-6,8-9,12,16H,7,10-11,13-15H2,1-3H3,(H,21,26). The summed E-state index contributed by atoms with van der Waals surface area (Å²) in [7, 11) is 1.77. The van der Waals surface area contributed by atoms with Crippen molar-refractivity contribution in [3.05, 3.63) is 47.8 Å². The minimum atomic E-state index is -0.124. The van der Waals surface area contributed by atoms with E-state index in [-0.39, 0.29) is 6.03 Å². The van der Waals surface area contributed by atoms with Crippen molar-refractivity contribution in [3.8, 4) is 0 Å². The third-order valence-electron chi connectivity index (χ3n) is 4.64. The first-order valence-corrected chi connectivity index (χ1v) is 9.37. The van der Waals surface area contributed by atoms with E-state index < -0.39 is 0 Å². The van der Waals surface area contributed by atoms with E-state index in [2.05, 4.69) is 39.9 Å². The van der Waals surface area contributed by atoms with Crippen LogP contribution in [0.5, 0.6) is 0 Å². The molecule has 6 heteroatoms. The molecule has 0 saturated heterocycles. The number of aryl methyl sites for hydroxylation is 1. The fourth-order valence-electron chi connectivity index (χ4n) is 3.40. The molecule has 1 aliphatic rings. The highest BCUT2D eigenvalue weighted by molar-refractivity contribution is 5.91. The molecule has 2 heterocycles. The van der Waals surface area contributed by atoms with Gasteiger partial charge >= 0.3 is 6.03 Å². The molecule has 0 bridgehead atoms. The van der Waals surface area contributed by atoms with Gasteiger partial charge in [0.2, 0.25) is 0 Å². The minimum absolute atomic E-state index is 0.124. The zero-order valence-corrected chi connectivity index (χ0v) is 16.0. The molecule has 2 aromatic rings. The van der Waals surface area contributed by atoms with Crippen LogP contribution in [0.1, 0.15) is 31.7 Å². The molecule has 0 atom stereocenters. The van der Waals surface area contributed by atoms with Gasteiger partial charge in [-0.3, -0.25) is 14.5 Å². The van der Waals surface area contributed by atoms with E-state index in [9.17, 15) is 4.79 Å². The Bertz CT molecular complexity index is 725. The molecule has 3 rings (SSSR count). The van der Waals surface area contributed by atoms with E-state index in [0.29, 0.717) is 12.5 Å². The second kappa shape index (κ2) is 8.36. The molecule has 1 aliphatic heterocycles. The number of fused-ring (bicyclic) bond motifs is 1. The Morgan fingerprint density at radius 1 is 1.27 bits per heavy atom. The van der Waals surface area contributed by atoms with Crippen molar-refractivity contribution in [3.63, 3.8) is 0 Å². The lowest BCUT2D eigenvalue weighted by atomic mass is 10.2. The van der Waals surface area contributed by atoms with Gasteiger partial charge in [-0.1, -0.05) is 32.0 Å². The van der Waals surface area contributed by atoms with Gasteiger partial charge in [0.05, 0.1) is 17.9 Å². The number of benzene rings is 1. The lowest BCUT2D eigenvalue weighted by Crippen LogP contribution is -2.36. The van der Waals surface area contributed by atoms with Gasteiger partial charge in [0.15, 0.2) is 0 Å². The average Bonchev–Trinajstić information content (AvgIpc) is 2.91. The number of nitrogens with one attached hydrogen (secondary N) is 1. The van der Waals surface area contributed by atoms with E-state index in [1.54, 1.807) is 11.9 Å². The number of amides is 2. The Hall–Kier alpha value is -2.34. The van der Waals surface area contributed by atoms with Gasteiger partial charge in [0.1, 0.15) is 0 Å². The highest BCUT2D eigenvalue weighted by Gasteiger charge is 2.18. The Balaban J connectivity index is 1.59. The topological polar surface area (TPSA) is 53.4 Å². The second-order valence-corrected chi connectivity index (χ2v) is 7.39. The number of anilines is 1. The number of hydrogen-bond acceptors (Lipinski definition) is 3. The molecule has 2 amide bonds. The second-order valence-electron chi connectivity index (χ2n) is 7.39. The first kappa shape index (κ1) is 18.5. The number of aromatic nitrogens is 2. The van der Waals surface area contributed by atoms with E-state index in [0.717, 1.165) is 44.0 Å². The lowest BCUT2D eigenvalue weighted by molar-refractivity contribution is 0.239. The molecule has 0 aliphatic carbocycles. The fourth-order valence-corrected chi connectivity index (χ4v) is 3.40. The average molecular weight is 355 g/mol. The molecule has 1 aromatic carbocycles. The maximum absolute atomic E-state index is 12.4. The summed E-state index contributed by atoms with van der Waals surface area (Å²) in [4.78, 5) is 16.5. The molecule has 26 heavy (non-hydrogen) atoms. The molecule has 0 spiro atoms. The summed E-state index contributed by atoms with van der Waals surface area (Å²) in [6.07, 6.45) is 1.12. The Kier molecular flexibility index (Phi) is 5.93. The third kappa shape index (κ3) is 4.64. The number of nitrogens with zero attached hydrogens (tertiary/aromatic N) is 4. The first-order chi connectivity index (χ1) is 12.5. The zero-order chi connectivity index (χ0) is 18.5. The summed E-state index contributed by atoms with van der Waals surface area (Å²) in [5.74, 6) is 0.664. The van der Waals surface area contributed by atoms with Crippen molar-refractivity contribution < 1.29 is 4.79 Å². The summed E-state index contributed by atoms with van der Waals surface area (Å²) in [5, 5.41) is 7.65. The first-order valence-electron chi connectivity index (χ1n) is 9.37. The van der Waals surface area contributed by atoms with Crippen LogP contribution < -0.4 is 10.2 Å². The van der Waals surface area contributed by atoms with Crippen LogP contribution in [0.15, 0.2) is 36.4 Å². The summed E-state index contributed by atoms with van der Waals surface area (Å²) >= 11 is 0. The predicted octanol–water partition coefficient (Wildman–Crippen LogP) is 3.09. The predicted molar refractivity (Wildman–Crippen MR) is 104 cm³/mol. The maximum atomic E-state index is 12.4. The molecule has 0 unspecified atom stereocenters. The number of urea groups is 1. The summed E-state index contributed by atoms with van der Waals surface area (Å²) in [5.41, 5.74) is 3.03. The highest BCUT2D eigenvalue weighted by atomic mass is 16.2. The van der Waals surface area contributed by atoms with Crippen LogP contribution in [0.25, 0.3) is 0 Å². The molecular formula is C20H29N5O. The fraction of sp³-hybridized carbons (Fsp3) is 0.500. The number of para-hydroxylation sites is 1. The molecule has 0 radical (unpaired) electrons. The molecule has 1 aromatic heterocycles. The van der Waals surface area contributed by atoms with Gasteiger partial charge in [-0.05, 0) is 30.5 Å². The van der Waals surface area contributed by atoms with Crippen LogP contribution in [-0.4, -0.2) is 40.8 Å². The third-order valence-corrected chi connectivity index (χ3v) is 4.64. The van der Waals surface area contributed by atoms with Crippen molar-refractivity contribution in [2.45, 2.75) is 39.9 Å². The Morgan fingerprint density at radius 2 is 2.04 bits per heavy atom. The number of carbonyl (C=O) groups excluding carboxylic acids is 1. The lowest BCUT2D eigenvalue weighted by Gasteiger charge is -2.21. The van der Waals surface area contributed by atoms with Crippen molar-refractivity contribution in [1.29, 1.82) is 0 Å². The number of rotatable bonds is 5. The molecule has 0 fully saturated rings. The summed E-state index contributed by atoms with van der Waals surface area (Å²) in [6, 6.07) is 11.6. The maximum Gasteiger partial charge on any atom is 0.321 e. The quantitative estimate of drug-likeness (QED) is 0.897.